The van der Waals surface area contributed by atoms with Gasteiger partial charge in [0.25, 0.3) is 0 Å². The standard InChI is InChI=1S/C15H25N3O2/c1-10(2)8-12(9-16)14(19)18-13-6-5-7-17-15(13)20-11(3)4/h5-7,10-12H,8-9,16H2,1-4H3,(H,18,19). The van der Waals surface area contributed by atoms with Crippen molar-refractivity contribution >= 4 is 11.6 Å². The monoisotopic (exact) mass is 279 g/mol. The average Bonchev–Trinajstić information content (AvgIpc) is 2.37. The van der Waals surface area contributed by atoms with E-state index in [0.717, 1.165) is 6.42 Å². The Kier molecular flexibility index (Phi) is 6.45. The molecule has 20 heavy (non-hydrogen) atoms. The molecule has 5 heteroatoms. The number of nitrogens with one attached hydrogen (secondary N) is 1. The van der Waals surface area contributed by atoms with Crippen LogP contribution in [-0.2, 0) is 4.79 Å². The highest BCUT2D eigenvalue weighted by atomic mass is 16.5. The highest BCUT2D eigenvalue weighted by molar-refractivity contribution is 5.93. The normalized spacial score (nSPS) is 12.6. The molecule has 1 aromatic rings. The molecular formula is C15H25N3O2. The van der Waals surface area contributed by atoms with Gasteiger partial charge in [-0.3, -0.25) is 4.79 Å². The fraction of sp³-hybridized carbons (Fsp3) is 0.600. The van der Waals surface area contributed by atoms with Gasteiger partial charge in [0, 0.05) is 12.7 Å². The van der Waals surface area contributed by atoms with Gasteiger partial charge < -0.3 is 15.8 Å². The minimum Gasteiger partial charge on any atom is -0.473 e. The number of hydrogen-bond donors (Lipinski definition) is 2. The summed E-state index contributed by atoms with van der Waals surface area (Å²) in [6.07, 6.45) is 2.41. The molecule has 0 aliphatic carbocycles. The fourth-order valence-electron chi connectivity index (χ4n) is 1.92. The van der Waals surface area contributed by atoms with Crippen molar-refractivity contribution in [3.05, 3.63) is 18.3 Å². The Morgan fingerprint density at radius 1 is 1.40 bits per heavy atom. The van der Waals surface area contributed by atoms with E-state index < -0.39 is 0 Å². The van der Waals surface area contributed by atoms with Crippen LogP contribution < -0.4 is 15.8 Å². The maximum absolute atomic E-state index is 12.2. The molecule has 5 nitrogen and oxygen atoms in total. The maximum Gasteiger partial charge on any atom is 0.238 e. The molecule has 0 saturated heterocycles. The number of carbonyl (C=O) groups is 1. The van der Waals surface area contributed by atoms with E-state index in [4.69, 9.17) is 10.5 Å². The van der Waals surface area contributed by atoms with Crippen LogP contribution in [0.3, 0.4) is 0 Å². The highest BCUT2D eigenvalue weighted by Gasteiger charge is 2.20. The van der Waals surface area contributed by atoms with Gasteiger partial charge in [-0.05, 0) is 38.3 Å². The molecule has 0 bridgehead atoms. The van der Waals surface area contributed by atoms with Gasteiger partial charge in [-0.1, -0.05) is 13.8 Å². The quantitative estimate of drug-likeness (QED) is 0.803. The summed E-state index contributed by atoms with van der Waals surface area (Å²) in [5.41, 5.74) is 6.28. The molecule has 1 unspecified atom stereocenters. The first-order valence-electron chi connectivity index (χ1n) is 7.06. The Balaban J connectivity index is 2.78. The lowest BCUT2D eigenvalue weighted by Gasteiger charge is -2.18. The van der Waals surface area contributed by atoms with Gasteiger partial charge in [-0.25, -0.2) is 4.98 Å². The van der Waals surface area contributed by atoms with Crippen LogP contribution in [0.1, 0.15) is 34.1 Å². The van der Waals surface area contributed by atoms with E-state index in [1.165, 1.54) is 0 Å². The molecule has 112 valence electrons. The molecule has 0 radical (unpaired) electrons. The first-order valence-corrected chi connectivity index (χ1v) is 7.06. The predicted octanol–water partition coefficient (Wildman–Crippen LogP) is 2.43. The van der Waals surface area contributed by atoms with E-state index in [9.17, 15) is 4.79 Å². The molecule has 1 aromatic heterocycles. The third kappa shape index (κ3) is 5.17. The number of pyridine rings is 1. The molecule has 1 rings (SSSR count). The third-order valence-electron chi connectivity index (χ3n) is 2.79. The Bertz CT molecular complexity index is 433. The number of amides is 1. The van der Waals surface area contributed by atoms with E-state index in [-0.39, 0.29) is 17.9 Å². The minimum atomic E-state index is -0.192. The lowest BCUT2D eigenvalue weighted by molar-refractivity contribution is -0.120. The van der Waals surface area contributed by atoms with E-state index in [0.29, 0.717) is 24.0 Å². The molecule has 1 heterocycles. The van der Waals surface area contributed by atoms with Crippen molar-refractivity contribution in [1.82, 2.24) is 4.98 Å². The van der Waals surface area contributed by atoms with Crippen LogP contribution in [0.15, 0.2) is 18.3 Å². The molecule has 1 amide bonds. The topological polar surface area (TPSA) is 77.2 Å². The second-order valence-corrected chi connectivity index (χ2v) is 5.57. The number of anilines is 1. The summed E-state index contributed by atoms with van der Waals surface area (Å²) in [6.45, 7) is 8.33. The first kappa shape index (κ1) is 16.4. The van der Waals surface area contributed by atoms with Gasteiger partial charge in [0.2, 0.25) is 11.8 Å². The van der Waals surface area contributed by atoms with E-state index in [2.05, 4.69) is 24.1 Å². The van der Waals surface area contributed by atoms with Crippen LogP contribution in [0.5, 0.6) is 5.88 Å². The summed E-state index contributed by atoms with van der Waals surface area (Å²) in [7, 11) is 0. The number of rotatable bonds is 7. The van der Waals surface area contributed by atoms with Crippen LogP contribution in [0.2, 0.25) is 0 Å². The number of aromatic nitrogens is 1. The number of nitrogens with two attached hydrogens (primary N) is 1. The largest absolute Gasteiger partial charge is 0.473 e. The number of ether oxygens (including phenoxy) is 1. The predicted molar refractivity (Wildman–Crippen MR) is 80.6 cm³/mol. The van der Waals surface area contributed by atoms with Crippen LogP contribution in [0, 0.1) is 11.8 Å². The number of nitrogens with zero attached hydrogens (tertiary/aromatic N) is 1. The average molecular weight is 279 g/mol. The zero-order valence-corrected chi connectivity index (χ0v) is 12.7. The van der Waals surface area contributed by atoms with Crippen LogP contribution in [-0.4, -0.2) is 23.5 Å². The number of hydrogen-bond acceptors (Lipinski definition) is 4. The van der Waals surface area contributed by atoms with E-state index >= 15 is 0 Å². The molecule has 0 aliphatic rings. The molecule has 0 spiro atoms. The molecule has 3 N–H and O–H groups in total. The van der Waals surface area contributed by atoms with Gasteiger partial charge >= 0.3 is 0 Å². The zero-order valence-electron chi connectivity index (χ0n) is 12.7. The van der Waals surface area contributed by atoms with Crippen molar-refractivity contribution in [3.63, 3.8) is 0 Å². The summed E-state index contributed by atoms with van der Waals surface area (Å²) in [6, 6.07) is 3.55. The highest BCUT2D eigenvalue weighted by Crippen LogP contribution is 2.23. The van der Waals surface area contributed by atoms with Gasteiger partial charge in [0.05, 0.1) is 12.0 Å². The molecule has 0 saturated carbocycles. The van der Waals surface area contributed by atoms with Crippen molar-refractivity contribution in [1.29, 1.82) is 0 Å². The summed E-state index contributed by atoms with van der Waals surface area (Å²) < 4.78 is 5.58. The maximum atomic E-state index is 12.2. The number of carbonyl (C=O) groups excluding carboxylic acids is 1. The second-order valence-electron chi connectivity index (χ2n) is 5.57. The molecular weight excluding hydrogens is 254 g/mol. The van der Waals surface area contributed by atoms with Gasteiger partial charge in [0.1, 0.15) is 5.69 Å². The molecule has 0 aliphatic heterocycles. The van der Waals surface area contributed by atoms with Crippen LogP contribution in [0.4, 0.5) is 5.69 Å². The Morgan fingerprint density at radius 3 is 2.65 bits per heavy atom. The molecule has 1 atom stereocenters. The smallest absolute Gasteiger partial charge is 0.238 e. The lowest BCUT2D eigenvalue weighted by Crippen LogP contribution is -2.30. The Hall–Kier alpha value is -1.62. The summed E-state index contributed by atoms with van der Waals surface area (Å²) in [4.78, 5) is 16.4. The van der Waals surface area contributed by atoms with Crippen LogP contribution in [0.25, 0.3) is 0 Å². The second kappa shape index (κ2) is 7.85. The molecule has 0 aromatic carbocycles. The first-order chi connectivity index (χ1) is 9.43. The zero-order chi connectivity index (χ0) is 15.1. The van der Waals surface area contributed by atoms with E-state index in [1.54, 1.807) is 18.3 Å². The summed E-state index contributed by atoms with van der Waals surface area (Å²) in [5, 5.41) is 2.87. The Morgan fingerprint density at radius 2 is 2.10 bits per heavy atom. The SMILES string of the molecule is CC(C)CC(CN)C(=O)Nc1cccnc1OC(C)C. The minimum absolute atomic E-state index is 0.00141. The molecule has 0 fully saturated rings. The van der Waals surface area contributed by atoms with Crippen molar-refractivity contribution in [2.45, 2.75) is 40.2 Å². The van der Waals surface area contributed by atoms with Gasteiger partial charge in [-0.2, -0.15) is 0 Å². The van der Waals surface area contributed by atoms with E-state index in [1.807, 2.05) is 13.8 Å². The van der Waals surface area contributed by atoms with Crippen molar-refractivity contribution in [3.8, 4) is 5.88 Å². The Labute approximate surface area is 120 Å². The fourth-order valence-corrected chi connectivity index (χ4v) is 1.92. The third-order valence-corrected chi connectivity index (χ3v) is 2.79. The van der Waals surface area contributed by atoms with Crippen molar-refractivity contribution < 1.29 is 9.53 Å². The summed E-state index contributed by atoms with van der Waals surface area (Å²) >= 11 is 0. The van der Waals surface area contributed by atoms with Gasteiger partial charge in [-0.15, -0.1) is 0 Å². The van der Waals surface area contributed by atoms with Crippen molar-refractivity contribution in [2.24, 2.45) is 17.6 Å². The van der Waals surface area contributed by atoms with Crippen LogP contribution >= 0.6 is 0 Å². The van der Waals surface area contributed by atoms with Gasteiger partial charge in [0.15, 0.2) is 0 Å². The lowest BCUT2D eigenvalue weighted by atomic mass is 9.96. The summed E-state index contributed by atoms with van der Waals surface area (Å²) in [5.74, 6) is 0.593. The van der Waals surface area contributed by atoms with Crippen molar-refractivity contribution in [2.75, 3.05) is 11.9 Å².